The van der Waals surface area contributed by atoms with Gasteiger partial charge in [-0.15, -0.1) is 0 Å². The molecule has 1 unspecified atom stereocenters. The monoisotopic (exact) mass is 256 g/mol. The van der Waals surface area contributed by atoms with Crippen LogP contribution in [-0.4, -0.2) is 44.3 Å². The van der Waals surface area contributed by atoms with Gasteiger partial charge < -0.3 is 4.90 Å². The standard InChI is InChI=1S/C12H20N2O2S/c1-2-10-13-12(5-6-12)11(15)14(10)9-3-7-17(16)8-4-9/h9-10,13H,2-8H2,1H3. The molecule has 0 aromatic heterocycles. The molecule has 0 radical (unpaired) electrons. The molecule has 1 aliphatic carbocycles. The second-order valence-electron chi connectivity index (χ2n) is 5.44. The Balaban J connectivity index is 1.76. The Bertz CT molecular complexity index is 358. The van der Waals surface area contributed by atoms with Crippen LogP contribution in [0.5, 0.6) is 0 Å². The molecular weight excluding hydrogens is 236 g/mol. The van der Waals surface area contributed by atoms with Gasteiger partial charge in [0.05, 0.1) is 11.7 Å². The highest BCUT2D eigenvalue weighted by Gasteiger charge is 2.59. The van der Waals surface area contributed by atoms with Crippen molar-refractivity contribution in [3.63, 3.8) is 0 Å². The molecule has 0 aromatic rings. The maximum Gasteiger partial charge on any atom is 0.244 e. The van der Waals surface area contributed by atoms with E-state index in [0.29, 0.717) is 11.9 Å². The topological polar surface area (TPSA) is 49.4 Å². The van der Waals surface area contributed by atoms with Crippen molar-refractivity contribution in [2.24, 2.45) is 0 Å². The number of carbonyl (C=O) groups is 1. The summed E-state index contributed by atoms with van der Waals surface area (Å²) >= 11 is 0. The van der Waals surface area contributed by atoms with Gasteiger partial charge in [-0.05, 0) is 32.1 Å². The SMILES string of the molecule is CCC1NC2(CC2)C(=O)N1C1CCS(=O)CC1. The molecular formula is C12H20N2O2S. The molecule has 2 heterocycles. The van der Waals surface area contributed by atoms with E-state index in [9.17, 15) is 9.00 Å². The van der Waals surface area contributed by atoms with Crippen LogP contribution in [0, 0.1) is 0 Å². The van der Waals surface area contributed by atoms with E-state index in [4.69, 9.17) is 0 Å². The Morgan fingerprint density at radius 1 is 1.41 bits per heavy atom. The number of hydrogen-bond donors (Lipinski definition) is 1. The summed E-state index contributed by atoms with van der Waals surface area (Å²) in [6.45, 7) is 2.13. The van der Waals surface area contributed by atoms with Crippen LogP contribution < -0.4 is 5.32 Å². The molecule has 1 atom stereocenters. The van der Waals surface area contributed by atoms with Crippen LogP contribution in [0.3, 0.4) is 0 Å². The van der Waals surface area contributed by atoms with E-state index in [1.807, 2.05) is 0 Å². The van der Waals surface area contributed by atoms with Gasteiger partial charge in [-0.1, -0.05) is 6.92 Å². The fourth-order valence-electron chi connectivity index (χ4n) is 3.10. The molecule has 1 saturated carbocycles. The molecule has 0 bridgehead atoms. The lowest BCUT2D eigenvalue weighted by Crippen LogP contribution is -2.47. The third kappa shape index (κ3) is 1.83. The van der Waals surface area contributed by atoms with Crippen LogP contribution in [0.25, 0.3) is 0 Å². The number of rotatable bonds is 2. The molecule has 0 aromatic carbocycles. The average Bonchev–Trinajstić information content (AvgIpc) is 3.05. The third-order valence-corrected chi connectivity index (χ3v) is 5.69. The second-order valence-corrected chi connectivity index (χ2v) is 7.14. The summed E-state index contributed by atoms with van der Waals surface area (Å²) < 4.78 is 11.4. The predicted octanol–water partition coefficient (Wildman–Crippen LogP) is 0.598. The molecule has 2 saturated heterocycles. The van der Waals surface area contributed by atoms with Crippen molar-refractivity contribution >= 4 is 16.7 Å². The van der Waals surface area contributed by atoms with Crippen molar-refractivity contribution < 1.29 is 9.00 Å². The van der Waals surface area contributed by atoms with Crippen LogP contribution in [0.4, 0.5) is 0 Å². The van der Waals surface area contributed by atoms with Crippen molar-refractivity contribution in [3.05, 3.63) is 0 Å². The van der Waals surface area contributed by atoms with Gasteiger partial charge in [0.25, 0.3) is 0 Å². The summed E-state index contributed by atoms with van der Waals surface area (Å²) in [4.78, 5) is 14.5. The summed E-state index contributed by atoms with van der Waals surface area (Å²) in [6.07, 6.45) is 4.99. The summed E-state index contributed by atoms with van der Waals surface area (Å²) in [6, 6.07) is 0.317. The molecule has 1 amide bonds. The summed E-state index contributed by atoms with van der Waals surface area (Å²) in [5.74, 6) is 1.83. The van der Waals surface area contributed by atoms with E-state index in [1.165, 1.54) is 0 Å². The van der Waals surface area contributed by atoms with Gasteiger partial charge in [0.15, 0.2) is 0 Å². The Morgan fingerprint density at radius 2 is 2.06 bits per heavy atom. The smallest absolute Gasteiger partial charge is 0.244 e. The zero-order valence-corrected chi connectivity index (χ0v) is 11.1. The minimum Gasteiger partial charge on any atom is -0.323 e. The maximum atomic E-state index is 12.4. The number of amides is 1. The Hall–Kier alpha value is -0.420. The van der Waals surface area contributed by atoms with E-state index in [1.54, 1.807) is 0 Å². The van der Waals surface area contributed by atoms with Gasteiger partial charge in [-0.25, -0.2) is 0 Å². The molecule has 3 rings (SSSR count). The van der Waals surface area contributed by atoms with Crippen molar-refractivity contribution in [1.29, 1.82) is 0 Å². The molecule has 5 heteroatoms. The van der Waals surface area contributed by atoms with Crippen molar-refractivity contribution in [1.82, 2.24) is 10.2 Å². The normalized spacial score (nSPS) is 39.9. The minimum atomic E-state index is -0.647. The van der Waals surface area contributed by atoms with Crippen molar-refractivity contribution in [2.45, 2.75) is 56.8 Å². The summed E-state index contributed by atoms with van der Waals surface area (Å²) in [5.41, 5.74) is -0.197. The van der Waals surface area contributed by atoms with Crippen LogP contribution in [-0.2, 0) is 15.6 Å². The van der Waals surface area contributed by atoms with E-state index in [-0.39, 0.29) is 11.7 Å². The van der Waals surface area contributed by atoms with Gasteiger partial charge in [0.2, 0.25) is 5.91 Å². The van der Waals surface area contributed by atoms with Gasteiger partial charge >= 0.3 is 0 Å². The number of carbonyl (C=O) groups excluding carboxylic acids is 1. The Labute approximate surface area is 105 Å². The highest BCUT2D eigenvalue weighted by atomic mass is 32.2. The quantitative estimate of drug-likeness (QED) is 0.787. The summed E-state index contributed by atoms with van der Waals surface area (Å²) in [7, 11) is -0.647. The van der Waals surface area contributed by atoms with Crippen LogP contribution >= 0.6 is 0 Å². The number of nitrogens with one attached hydrogen (secondary N) is 1. The van der Waals surface area contributed by atoms with Crippen molar-refractivity contribution in [2.75, 3.05) is 11.5 Å². The molecule has 4 nitrogen and oxygen atoms in total. The Morgan fingerprint density at radius 3 is 2.59 bits per heavy atom. The van der Waals surface area contributed by atoms with Crippen LogP contribution in [0.2, 0.25) is 0 Å². The van der Waals surface area contributed by atoms with Gasteiger partial charge in [-0.3, -0.25) is 14.3 Å². The van der Waals surface area contributed by atoms with Crippen LogP contribution in [0.15, 0.2) is 0 Å². The van der Waals surface area contributed by atoms with Crippen molar-refractivity contribution in [3.8, 4) is 0 Å². The summed E-state index contributed by atoms with van der Waals surface area (Å²) in [5, 5.41) is 3.50. The lowest BCUT2D eigenvalue weighted by molar-refractivity contribution is -0.133. The molecule has 1 spiro atoms. The molecule has 17 heavy (non-hydrogen) atoms. The number of hydrogen-bond acceptors (Lipinski definition) is 3. The molecule has 3 fully saturated rings. The molecule has 2 aliphatic heterocycles. The van der Waals surface area contributed by atoms with E-state index < -0.39 is 10.8 Å². The van der Waals surface area contributed by atoms with E-state index >= 15 is 0 Å². The fraction of sp³-hybridized carbons (Fsp3) is 0.917. The fourth-order valence-corrected chi connectivity index (χ4v) is 4.37. The molecule has 96 valence electrons. The van der Waals surface area contributed by atoms with E-state index in [0.717, 1.165) is 43.6 Å². The first-order chi connectivity index (χ1) is 8.16. The van der Waals surface area contributed by atoms with Crippen LogP contribution in [0.1, 0.15) is 39.0 Å². The zero-order chi connectivity index (χ0) is 12.0. The van der Waals surface area contributed by atoms with E-state index in [2.05, 4.69) is 17.1 Å². The lowest BCUT2D eigenvalue weighted by atomic mass is 10.1. The average molecular weight is 256 g/mol. The highest BCUT2D eigenvalue weighted by molar-refractivity contribution is 7.85. The third-order valence-electron chi connectivity index (χ3n) is 4.31. The minimum absolute atomic E-state index is 0.197. The van der Waals surface area contributed by atoms with Gasteiger partial charge in [-0.2, -0.15) is 0 Å². The molecule has 3 aliphatic rings. The zero-order valence-electron chi connectivity index (χ0n) is 10.3. The first kappa shape index (κ1) is 11.7. The lowest BCUT2D eigenvalue weighted by Gasteiger charge is -2.34. The second kappa shape index (κ2) is 4.05. The van der Waals surface area contributed by atoms with Gasteiger partial charge in [0.1, 0.15) is 0 Å². The highest BCUT2D eigenvalue weighted by Crippen LogP contribution is 2.44. The first-order valence-corrected chi connectivity index (χ1v) is 8.10. The first-order valence-electron chi connectivity index (χ1n) is 6.62. The van der Waals surface area contributed by atoms with Gasteiger partial charge in [0, 0.05) is 28.3 Å². The number of nitrogens with zero attached hydrogens (tertiary/aromatic N) is 1. The Kier molecular flexibility index (Phi) is 2.78. The molecule has 1 N–H and O–H groups in total. The predicted molar refractivity (Wildman–Crippen MR) is 66.9 cm³/mol. The largest absolute Gasteiger partial charge is 0.323 e. The maximum absolute atomic E-state index is 12.4.